The van der Waals surface area contributed by atoms with Gasteiger partial charge in [-0.25, -0.2) is 0 Å². The van der Waals surface area contributed by atoms with Crippen LogP contribution in [0, 0.1) is 0 Å². The van der Waals surface area contributed by atoms with Crippen molar-refractivity contribution in [2.24, 2.45) is 5.73 Å². The summed E-state index contributed by atoms with van der Waals surface area (Å²) in [7, 11) is 1.62. The molecule has 0 radical (unpaired) electrons. The van der Waals surface area contributed by atoms with Crippen LogP contribution in [0.15, 0.2) is 0 Å². The van der Waals surface area contributed by atoms with Gasteiger partial charge in [-0.2, -0.15) is 0 Å². The summed E-state index contributed by atoms with van der Waals surface area (Å²) >= 11 is 0. The van der Waals surface area contributed by atoms with Gasteiger partial charge in [0.2, 0.25) is 11.8 Å². The fraction of sp³-hybridized carbons (Fsp3) is 0.818. The zero-order chi connectivity index (χ0) is 12.7. The normalized spacial score (nSPS) is 17.1. The molecule has 4 N–H and O–H groups in total. The smallest absolute Gasteiger partial charge is 0.231 e. The number of nitrogens with one attached hydrogen (secondary N) is 2. The van der Waals surface area contributed by atoms with Gasteiger partial charge in [0.1, 0.15) is 0 Å². The van der Waals surface area contributed by atoms with Gasteiger partial charge in [-0.1, -0.05) is 0 Å². The summed E-state index contributed by atoms with van der Waals surface area (Å²) in [5, 5.41) is 5.86. The molecule has 17 heavy (non-hydrogen) atoms. The van der Waals surface area contributed by atoms with E-state index in [9.17, 15) is 9.59 Å². The third-order valence-electron chi connectivity index (χ3n) is 3.09. The Kier molecular flexibility index (Phi) is 5.93. The summed E-state index contributed by atoms with van der Waals surface area (Å²) in [4.78, 5) is 24.3. The first-order chi connectivity index (χ1) is 8.13. The largest absolute Gasteiger partial charge is 0.369 e. The molecule has 6 heteroatoms. The zero-order valence-corrected chi connectivity index (χ0v) is 10.4. The number of piperidine rings is 1. The molecule has 0 unspecified atom stereocenters. The lowest BCUT2D eigenvalue weighted by atomic mass is 10.0. The van der Waals surface area contributed by atoms with Crippen molar-refractivity contribution in [3.8, 4) is 0 Å². The minimum Gasteiger partial charge on any atom is -0.369 e. The highest BCUT2D eigenvalue weighted by molar-refractivity contribution is 5.77. The molecule has 0 atom stereocenters. The number of carbonyl (C=O) groups is 2. The second kappa shape index (κ2) is 7.24. The van der Waals surface area contributed by atoms with Crippen molar-refractivity contribution in [1.82, 2.24) is 15.5 Å². The van der Waals surface area contributed by atoms with E-state index in [1.54, 1.807) is 7.05 Å². The van der Waals surface area contributed by atoms with E-state index < -0.39 is 0 Å². The lowest BCUT2D eigenvalue weighted by Crippen LogP contribution is -2.47. The molecular formula is C11H22N4O2. The number of carbonyl (C=O) groups excluding carboxylic acids is 2. The Balaban J connectivity index is 2.46. The molecule has 1 aliphatic rings. The molecule has 0 aromatic rings. The first-order valence-electron chi connectivity index (χ1n) is 6.07. The number of nitrogens with two attached hydrogens (primary N) is 1. The summed E-state index contributed by atoms with van der Waals surface area (Å²) in [6.07, 6.45) is 2.41. The van der Waals surface area contributed by atoms with Crippen LogP contribution in [0.3, 0.4) is 0 Å². The summed E-state index contributed by atoms with van der Waals surface area (Å²) in [6, 6.07) is 0.355. The molecule has 1 saturated heterocycles. The molecule has 1 heterocycles. The second-order valence-electron chi connectivity index (χ2n) is 4.34. The Labute approximate surface area is 102 Å². The highest BCUT2D eigenvalue weighted by Gasteiger charge is 2.22. The second-order valence-corrected chi connectivity index (χ2v) is 4.34. The van der Waals surface area contributed by atoms with E-state index in [1.165, 1.54) is 0 Å². The fourth-order valence-corrected chi connectivity index (χ4v) is 2.13. The van der Waals surface area contributed by atoms with Gasteiger partial charge < -0.3 is 16.4 Å². The molecule has 0 spiro atoms. The summed E-state index contributed by atoms with van der Waals surface area (Å²) in [5.74, 6) is -0.339. The molecule has 0 bridgehead atoms. The molecule has 1 rings (SSSR count). The number of hydrogen-bond donors (Lipinski definition) is 3. The highest BCUT2D eigenvalue weighted by atomic mass is 16.2. The Hall–Kier alpha value is -1.14. The molecule has 0 aromatic carbocycles. The van der Waals surface area contributed by atoms with Crippen LogP contribution in [0.5, 0.6) is 0 Å². The van der Waals surface area contributed by atoms with Crippen LogP contribution < -0.4 is 16.4 Å². The molecule has 0 saturated carbocycles. The van der Waals surface area contributed by atoms with Crippen molar-refractivity contribution in [3.63, 3.8) is 0 Å². The summed E-state index contributed by atoms with van der Waals surface area (Å²) in [5.41, 5.74) is 5.24. The van der Waals surface area contributed by atoms with E-state index in [0.717, 1.165) is 25.9 Å². The molecule has 1 fully saturated rings. The molecule has 0 aromatic heterocycles. The van der Waals surface area contributed by atoms with Crippen LogP contribution in [-0.2, 0) is 9.59 Å². The molecule has 0 aliphatic carbocycles. The predicted octanol–water partition coefficient (Wildman–Crippen LogP) is -1.34. The topological polar surface area (TPSA) is 87.5 Å². The van der Waals surface area contributed by atoms with Gasteiger partial charge in [-0.05, 0) is 25.9 Å². The molecular weight excluding hydrogens is 220 g/mol. The highest BCUT2D eigenvalue weighted by Crippen LogP contribution is 2.11. The van der Waals surface area contributed by atoms with Crippen LogP contribution >= 0.6 is 0 Å². The summed E-state index contributed by atoms with van der Waals surface area (Å²) < 4.78 is 0. The van der Waals surface area contributed by atoms with Gasteiger partial charge in [0.05, 0.1) is 6.54 Å². The maximum absolute atomic E-state index is 11.2. The lowest BCUT2D eigenvalue weighted by Gasteiger charge is -2.33. The molecule has 6 nitrogen and oxygen atoms in total. The van der Waals surface area contributed by atoms with Crippen LogP contribution in [0.1, 0.15) is 19.3 Å². The van der Waals surface area contributed by atoms with Crippen molar-refractivity contribution in [1.29, 1.82) is 0 Å². The van der Waals surface area contributed by atoms with Gasteiger partial charge in [-0.3, -0.25) is 14.5 Å². The number of hydrogen-bond acceptors (Lipinski definition) is 4. The zero-order valence-electron chi connectivity index (χ0n) is 10.4. The van der Waals surface area contributed by atoms with E-state index in [0.29, 0.717) is 19.0 Å². The van der Waals surface area contributed by atoms with Crippen molar-refractivity contribution in [2.45, 2.75) is 25.3 Å². The van der Waals surface area contributed by atoms with E-state index in [4.69, 9.17) is 5.73 Å². The standard InChI is InChI=1S/C11H22N4O2/c1-13-11(17)4-7-15(8-10(12)16)9-2-5-14-6-3-9/h9,14H,2-8H2,1H3,(H2,12,16)(H,13,17). The van der Waals surface area contributed by atoms with Crippen LogP contribution in [0.4, 0.5) is 0 Å². The van der Waals surface area contributed by atoms with E-state index >= 15 is 0 Å². The first kappa shape index (κ1) is 13.9. The SMILES string of the molecule is CNC(=O)CCN(CC(N)=O)C1CCNCC1. The minimum atomic E-state index is -0.333. The van der Waals surface area contributed by atoms with Gasteiger partial charge in [0.15, 0.2) is 0 Å². The minimum absolute atomic E-state index is 0.00611. The Morgan fingerprint density at radius 2 is 2.06 bits per heavy atom. The number of amides is 2. The van der Waals surface area contributed by atoms with Crippen molar-refractivity contribution in [3.05, 3.63) is 0 Å². The number of rotatable bonds is 6. The molecule has 1 aliphatic heterocycles. The van der Waals surface area contributed by atoms with Gasteiger partial charge in [0.25, 0.3) is 0 Å². The predicted molar refractivity (Wildman–Crippen MR) is 65.3 cm³/mol. The van der Waals surface area contributed by atoms with Crippen LogP contribution in [0.25, 0.3) is 0 Å². The van der Waals surface area contributed by atoms with Crippen LogP contribution in [0.2, 0.25) is 0 Å². The van der Waals surface area contributed by atoms with E-state index in [-0.39, 0.29) is 18.4 Å². The average Bonchev–Trinajstić information content (AvgIpc) is 2.34. The number of primary amides is 1. The van der Waals surface area contributed by atoms with Crippen LogP contribution in [-0.4, -0.2) is 56.0 Å². The van der Waals surface area contributed by atoms with Crippen molar-refractivity contribution < 1.29 is 9.59 Å². The fourth-order valence-electron chi connectivity index (χ4n) is 2.13. The van der Waals surface area contributed by atoms with Gasteiger partial charge >= 0.3 is 0 Å². The molecule has 2 amide bonds. The summed E-state index contributed by atoms with van der Waals surface area (Å²) in [6.45, 7) is 2.74. The van der Waals surface area contributed by atoms with Gasteiger partial charge in [-0.15, -0.1) is 0 Å². The Bertz CT molecular complexity index is 264. The molecule has 98 valence electrons. The third-order valence-corrected chi connectivity index (χ3v) is 3.09. The van der Waals surface area contributed by atoms with Gasteiger partial charge in [0, 0.05) is 26.1 Å². The maximum Gasteiger partial charge on any atom is 0.231 e. The maximum atomic E-state index is 11.2. The van der Waals surface area contributed by atoms with Crippen molar-refractivity contribution >= 4 is 11.8 Å². The number of nitrogens with zero attached hydrogens (tertiary/aromatic N) is 1. The lowest BCUT2D eigenvalue weighted by molar-refractivity contribution is -0.123. The Morgan fingerprint density at radius 3 is 2.59 bits per heavy atom. The average molecular weight is 242 g/mol. The monoisotopic (exact) mass is 242 g/mol. The van der Waals surface area contributed by atoms with E-state index in [1.807, 2.05) is 4.90 Å². The van der Waals surface area contributed by atoms with Crippen molar-refractivity contribution in [2.75, 3.05) is 33.2 Å². The van der Waals surface area contributed by atoms with E-state index in [2.05, 4.69) is 10.6 Å². The quantitative estimate of drug-likeness (QED) is 0.538. The first-order valence-corrected chi connectivity index (χ1v) is 6.07. The Morgan fingerprint density at radius 1 is 1.41 bits per heavy atom. The third kappa shape index (κ3) is 5.14.